The van der Waals surface area contributed by atoms with Gasteiger partial charge in [0.2, 0.25) is 0 Å². The van der Waals surface area contributed by atoms with Crippen molar-refractivity contribution in [1.29, 1.82) is 0 Å². The molecule has 3 heterocycles. The Morgan fingerprint density at radius 2 is 2.00 bits per heavy atom. The van der Waals surface area contributed by atoms with Crippen LogP contribution in [0.2, 0.25) is 0 Å². The fourth-order valence-electron chi connectivity index (χ4n) is 2.80. The van der Waals surface area contributed by atoms with E-state index in [0.717, 1.165) is 0 Å². The van der Waals surface area contributed by atoms with Gasteiger partial charge < -0.3 is 36.0 Å². The standard InChI is InChI=1S/C14H19N6O10P/c15-5(1-7(21)22)14(25)30-31(26,27)28-2-6-9(23)10(24)13(29-6)20-4-19-8-11(16)17-3-18-12(8)20/h3-6,9-10,13,23-24H,1-2,15H2,(H,21,22)(H,26,27)(H2,16,17,18)/t5-,6+,9?,10?,13+/m0/s1. The predicted octanol–water partition coefficient (Wildman–Crippen LogP) is -2.51. The zero-order chi connectivity index (χ0) is 22.9. The van der Waals surface area contributed by atoms with Gasteiger partial charge >= 0.3 is 19.8 Å². The highest BCUT2D eigenvalue weighted by Crippen LogP contribution is 2.45. The van der Waals surface area contributed by atoms with Crippen LogP contribution in [0.4, 0.5) is 5.82 Å². The van der Waals surface area contributed by atoms with Gasteiger partial charge in [0.15, 0.2) is 17.7 Å². The average molecular weight is 462 g/mol. The number of nitrogens with zero attached hydrogens (tertiary/aromatic N) is 4. The van der Waals surface area contributed by atoms with E-state index in [-0.39, 0.29) is 17.0 Å². The number of carbonyl (C=O) groups excluding carboxylic acids is 1. The molecule has 0 bridgehead atoms. The summed E-state index contributed by atoms with van der Waals surface area (Å²) in [4.78, 5) is 43.6. The van der Waals surface area contributed by atoms with Crippen LogP contribution in [-0.2, 0) is 27.9 Å². The Balaban J connectivity index is 1.65. The van der Waals surface area contributed by atoms with E-state index in [4.69, 9.17) is 21.3 Å². The lowest BCUT2D eigenvalue weighted by Crippen LogP contribution is -2.35. The summed E-state index contributed by atoms with van der Waals surface area (Å²) in [6.45, 7) is -0.770. The van der Waals surface area contributed by atoms with E-state index in [1.54, 1.807) is 0 Å². The predicted molar refractivity (Wildman–Crippen MR) is 97.8 cm³/mol. The SMILES string of the molecule is Nc1ncnc2c1ncn2[C@@H]1O[C@H](COP(=O)(O)OC(=O)[C@@H](N)CC(=O)O)C(O)C1O. The fourth-order valence-corrected chi connectivity index (χ4v) is 3.55. The Hall–Kier alpha value is -2.72. The molecule has 17 heteroatoms. The Morgan fingerprint density at radius 3 is 2.68 bits per heavy atom. The number of aliphatic hydroxyl groups excluding tert-OH is 2. The molecule has 0 spiro atoms. The number of ether oxygens (including phenoxy) is 1. The van der Waals surface area contributed by atoms with Crippen LogP contribution in [0.3, 0.4) is 0 Å². The highest BCUT2D eigenvalue weighted by Gasteiger charge is 2.45. The van der Waals surface area contributed by atoms with Gasteiger partial charge in [0.25, 0.3) is 0 Å². The number of rotatable bonds is 8. The van der Waals surface area contributed by atoms with Crippen LogP contribution in [0.15, 0.2) is 12.7 Å². The second-order valence-corrected chi connectivity index (χ2v) is 7.89. The summed E-state index contributed by atoms with van der Waals surface area (Å²) < 4.78 is 27.5. The van der Waals surface area contributed by atoms with E-state index in [9.17, 15) is 29.3 Å². The topological polar surface area (TPSA) is 255 Å². The summed E-state index contributed by atoms with van der Waals surface area (Å²) in [5.74, 6) is -2.80. The Labute approximate surface area is 173 Å². The van der Waals surface area contributed by atoms with Crippen LogP contribution in [0.5, 0.6) is 0 Å². The summed E-state index contributed by atoms with van der Waals surface area (Å²) in [5, 5.41) is 29.1. The third-order valence-corrected chi connectivity index (χ3v) is 5.19. The smallest absolute Gasteiger partial charge is 0.481 e. The molecule has 3 rings (SSSR count). The third-order valence-electron chi connectivity index (χ3n) is 4.30. The number of phosphoric acid groups is 1. The molecular weight excluding hydrogens is 443 g/mol. The lowest BCUT2D eigenvalue weighted by molar-refractivity contribution is -0.144. The van der Waals surface area contributed by atoms with Crippen molar-refractivity contribution in [2.24, 2.45) is 5.73 Å². The number of carboxylic acids is 1. The van der Waals surface area contributed by atoms with E-state index in [1.807, 2.05) is 0 Å². The van der Waals surface area contributed by atoms with Crippen molar-refractivity contribution in [2.75, 3.05) is 12.3 Å². The van der Waals surface area contributed by atoms with Gasteiger partial charge in [-0.25, -0.2) is 24.3 Å². The molecule has 0 amide bonds. The number of carboxylic acid groups (broad SMARTS) is 1. The van der Waals surface area contributed by atoms with E-state index >= 15 is 0 Å². The number of aliphatic carboxylic acids is 1. The number of hydrogen-bond acceptors (Lipinski definition) is 13. The zero-order valence-corrected chi connectivity index (χ0v) is 16.5. The molecule has 1 fully saturated rings. The Bertz CT molecular complexity index is 1030. The van der Waals surface area contributed by atoms with Crippen molar-refractivity contribution in [1.82, 2.24) is 19.5 Å². The van der Waals surface area contributed by atoms with Gasteiger partial charge in [0.1, 0.15) is 36.2 Å². The number of aliphatic hydroxyl groups is 2. The molecule has 1 aliphatic heterocycles. The molecule has 0 aliphatic carbocycles. The molecule has 2 aromatic rings. The van der Waals surface area contributed by atoms with E-state index in [2.05, 4.69) is 24.0 Å². The van der Waals surface area contributed by atoms with Crippen LogP contribution >= 0.6 is 7.82 Å². The number of nitrogen functional groups attached to an aromatic ring is 1. The van der Waals surface area contributed by atoms with Crippen LogP contribution < -0.4 is 11.5 Å². The second kappa shape index (κ2) is 8.80. The molecule has 0 radical (unpaired) electrons. The van der Waals surface area contributed by atoms with Gasteiger partial charge in [0.05, 0.1) is 19.4 Å². The van der Waals surface area contributed by atoms with Crippen molar-refractivity contribution >= 4 is 36.7 Å². The zero-order valence-electron chi connectivity index (χ0n) is 15.6. The summed E-state index contributed by atoms with van der Waals surface area (Å²) in [6, 6.07) is -1.69. The molecule has 8 N–H and O–H groups in total. The largest absolute Gasteiger partial charge is 0.529 e. The van der Waals surface area contributed by atoms with E-state index in [0.29, 0.717) is 0 Å². The maximum Gasteiger partial charge on any atom is 0.529 e. The molecular formula is C14H19N6O10P. The van der Waals surface area contributed by atoms with Crippen molar-refractivity contribution in [3.63, 3.8) is 0 Å². The van der Waals surface area contributed by atoms with Crippen molar-refractivity contribution in [3.05, 3.63) is 12.7 Å². The molecule has 6 atom stereocenters. The number of carbonyl (C=O) groups is 2. The van der Waals surface area contributed by atoms with Gasteiger partial charge in [-0.1, -0.05) is 0 Å². The molecule has 1 saturated heterocycles. The molecule has 31 heavy (non-hydrogen) atoms. The molecule has 1 aliphatic rings. The molecule has 2 aromatic heterocycles. The van der Waals surface area contributed by atoms with E-state index < -0.39 is 63.4 Å². The van der Waals surface area contributed by atoms with Crippen molar-refractivity contribution < 1.29 is 48.2 Å². The lowest BCUT2D eigenvalue weighted by atomic mass is 10.1. The molecule has 0 saturated carbocycles. The fraction of sp³-hybridized carbons (Fsp3) is 0.500. The summed E-state index contributed by atoms with van der Waals surface area (Å²) >= 11 is 0. The minimum absolute atomic E-state index is 0.0841. The van der Waals surface area contributed by atoms with E-state index in [1.165, 1.54) is 17.2 Å². The van der Waals surface area contributed by atoms with Crippen molar-refractivity contribution in [2.45, 2.75) is 37.0 Å². The van der Waals surface area contributed by atoms with Crippen LogP contribution in [-0.4, -0.2) is 82.6 Å². The third kappa shape index (κ3) is 4.96. The molecule has 16 nitrogen and oxygen atoms in total. The second-order valence-electron chi connectivity index (χ2n) is 6.51. The molecule has 0 aromatic carbocycles. The monoisotopic (exact) mass is 462 g/mol. The highest BCUT2D eigenvalue weighted by atomic mass is 31.2. The Morgan fingerprint density at radius 1 is 1.29 bits per heavy atom. The normalized spacial score (nSPS) is 26.5. The van der Waals surface area contributed by atoms with Gasteiger partial charge in [-0.2, -0.15) is 0 Å². The van der Waals surface area contributed by atoms with Crippen LogP contribution in [0.25, 0.3) is 11.2 Å². The number of hydrogen-bond donors (Lipinski definition) is 6. The summed E-state index contributed by atoms with van der Waals surface area (Å²) in [7, 11) is -5.02. The molecule has 170 valence electrons. The highest BCUT2D eigenvalue weighted by molar-refractivity contribution is 7.48. The number of aromatic nitrogens is 4. The van der Waals surface area contributed by atoms with Gasteiger partial charge in [-0.3, -0.25) is 18.8 Å². The average Bonchev–Trinajstić information content (AvgIpc) is 3.22. The van der Waals surface area contributed by atoms with Gasteiger partial charge in [0, 0.05) is 0 Å². The first kappa shape index (κ1) is 23.0. The van der Waals surface area contributed by atoms with Crippen molar-refractivity contribution in [3.8, 4) is 0 Å². The molecule has 3 unspecified atom stereocenters. The number of imidazole rings is 1. The minimum Gasteiger partial charge on any atom is -0.481 e. The number of fused-ring (bicyclic) bond motifs is 1. The number of nitrogens with two attached hydrogens (primary N) is 2. The lowest BCUT2D eigenvalue weighted by Gasteiger charge is -2.18. The quantitative estimate of drug-likeness (QED) is 0.221. The van der Waals surface area contributed by atoms with Crippen LogP contribution in [0, 0.1) is 0 Å². The first-order valence-corrected chi connectivity index (χ1v) is 10.1. The van der Waals surface area contributed by atoms with Gasteiger partial charge in [-0.05, 0) is 0 Å². The first-order valence-electron chi connectivity index (χ1n) is 8.63. The summed E-state index contributed by atoms with van der Waals surface area (Å²) in [5.41, 5.74) is 11.4. The Kier molecular flexibility index (Phi) is 6.51. The maximum absolute atomic E-state index is 11.9. The summed E-state index contributed by atoms with van der Waals surface area (Å²) in [6.07, 6.45) is -4.00. The minimum atomic E-state index is -5.02. The maximum atomic E-state index is 11.9. The first-order chi connectivity index (χ1) is 14.5. The number of anilines is 1. The van der Waals surface area contributed by atoms with Gasteiger partial charge in [-0.15, -0.1) is 0 Å². The van der Waals surface area contributed by atoms with Crippen LogP contribution in [0.1, 0.15) is 12.6 Å². The number of phosphoric ester groups is 1.